The maximum atomic E-state index is 11.9. The van der Waals surface area contributed by atoms with E-state index in [4.69, 9.17) is 10.2 Å². The summed E-state index contributed by atoms with van der Waals surface area (Å²) >= 11 is 0. The van der Waals surface area contributed by atoms with E-state index in [-0.39, 0.29) is 30.1 Å². The summed E-state index contributed by atoms with van der Waals surface area (Å²) in [5, 5.41) is 2.75. The van der Waals surface area contributed by atoms with Crippen molar-refractivity contribution < 1.29 is 9.21 Å². The molecule has 6 heteroatoms. The normalized spacial score (nSPS) is 11.6. The van der Waals surface area contributed by atoms with Crippen LogP contribution >= 0.6 is 12.4 Å². The molecule has 0 saturated carbocycles. The third-order valence-electron chi connectivity index (χ3n) is 2.82. The van der Waals surface area contributed by atoms with Crippen molar-refractivity contribution in [3.63, 3.8) is 0 Å². The Morgan fingerprint density at radius 2 is 2.00 bits per heavy atom. The van der Waals surface area contributed by atoms with Gasteiger partial charge in [-0.05, 0) is 12.5 Å². The first-order valence-electron chi connectivity index (χ1n) is 6.10. The molecule has 1 amide bonds. The maximum absolute atomic E-state index is 11.9. The molecule has 108 valence electrons. The molecule has 1 atom stereocenters. The van der Waals surface area contributed by atoms with Crippen molar-refractivity contribution in [3.8, 4) is 0 Å². The summed E-state index contributed by atoms with van der Waals surface area (Å²) in [7, 11) is 0. The minimum atomic E-state index is -0.288. The van der Waals surface area contributed by atoms with Crippen molar-refractivity contribution in [3.05, 3.63) is 53.2 Å². The van der Waals surface area contributed by atoms with Gasteiger partial charge in [-0.1, -0.05) is 30.3 Å². The molecule has 0 bridgehead atoms. The molecule has 0 spiro atoms. The van der Waals surface area contributed by atoms with Gasteiger partial charge in [0.05, 0.1) is 5.69 Å². The van der Waals surface area contributed by atoms with Crippen LogP contribution in [0.4, 0.5) is 0 Å². The lowest BCUT2D eigenvalue weighted by molar-refractivity contribution is 0.0921. The zero-order chi connectivity index (χ0) is 13.8. The highest BCUT2D eigenvalue weighted by Crippen LogP contribution is 2.11. The molecule has 0 saturated heterocycles. The summed E-state index contributed by atoms with van der Waals surface area (Å²) in [4.78, 5) is 16.0. The Balaban J connectivity index is 0.00000200. The number of rotatable bonds is 4. The molecule has 1 aromatic heterocycles. The second-order valence-corrected chi connectivity index (χ2v) is 4.37. The average Bonchev–Trinajstić information content (AvgIpc) is 2.75. The fourth-order valence-corrected chi connectivity index (χ4v) is 1.84. The predicted molar refractivity (Wildman–Crippen MR) is 78.9 cm³/mol. The van der Waals surface area contributed by atoms with Gasteiger partial charge in [-0.25, -0.2) is 4.98 Å². The van der Waals surface area contributed by atoms with Gasteiger partial charge >= 0.3 is 0 Å². The highest BCUT2D eigenvalue weighted by atomic mass is 35.5. The molecule has 0 fully saturated rings. The van der Waals surface area contributed by atoms with E-state index in [1.54, 1.807) is 13.8 Å². The maximum Gasteiger partial charge on any atom is 0.289 e. The number of nitrogens with zero attached hydrogens (tertiary/aromatic N) is 1. The molecule has 0 aliphatic carbocycles. The van der Waals surface area contributed by atoms with Crippen LogP contribution in [-0.2, 0) is 0 Å². The van der Waals surface area contributed by atoms with E-state index in [1.807, 2.05) is 30.3 Å². The number of hydrogen-bond acceptors (Lipinski definition) is 4. The quantitative estimate of drug-likeness (QED) is 0.905. The fourth-order valence-electron chi connectivity index (χ4n) is 1.84. The topological polar surface area (TPSA) is 81.2 Å². The van der Waals surface area contributed by atoms with Crippen molar-refractivity contribution in [2.75, 3.05) is 6.54 Å². The monoisotopic (exact) mass is 295 g/mol. The van der Waals surface area contributed by atoms with E-state index in [0.29, 0.717) is 18.1 Å². The Bertz CT molecular complexity index is 569. The van der Waals surface area contributed by atoms with Crippen LogP contribution in [0.5, 0.6) is 0 Å². The number of carbonyl (C=O) groups excluding carboxylic acids is 1. The SMILES string of the molecule is Cc1nc(C)c(C(=O)NCC(N)c2ccccc2)o1.Cl. The second-order valence-electron chi connectivity index (χ2n) is 4.37. The zero-order valence-electron chi connectivity index (χ0n) is 11.4. The third-order valence-corrected chi connectivity index (χ3v) is 2.82. The smallest absolute Gasteiger partial charge is 0.289 e. The Morgan fingerprint density at radius 3 is 2.55 bits per heavy atom. The largest absolute Gasteiger partial charge is 0.436 e. The Hall–Kier alpha value is -1.85. The van der Waals surface area contributed by atoms with Gasteiger partial charge in [0.15, 0.2) is 5.89 Å². The molecule has 0 radical (unpaired) electrons. The van der Waals surface area contributed by atoms with Gasteiger partial charge in [0.1, 0.15) is 0 Å². The molecule has 3 N–H and O–H groups in total. The van der Waals surface area contributed by atoms with E-state index >= 15 is 0 Å². The van der Waals surface area contributed by atoms with Crippen molar-refractivity contribution in [2.45, 2.75) is 19.9 Å². The molecular formula is C14H18ClN3O2. The Kier molecular flexibility index (Phi) is 5.73. The number of carbonyl (C=O) groups is 1. The van der Waals surface area contributed by atoms with Crippen molar-refractivity contribution in [1.29, 1.82) is 0 Å². The lowest BCUT2D eigenvalue weighted by atomic mass is 10.1. The summed E-state index contributed by atoms with van der Waals surface area (Å²) in [5.41, 5.74) is 7.57. The van der Waals surface area contributed by atoms with E-state index in [2.05, 4.69) is 10.3 Å². The molecule has 2 aromatic rings. The van der Waals surface area contributed by atoms with Gasteiger partial charge in [0.25, 0.3) is 5.91 Å². The second kappa shape index (κ2) is 7.07. The predicted octanol–water partition coefficient (Wildman–Crippen LogP) is 2.14. The standard InChI is InChI=1S/C14H17N3O2.ClH/c1-9-13(19-10(2)17-9)14(18)16-8-12(15)11-6-4-3-5-7-11;/h3-7,12H,8,15H2,1-2H3,(H,16,18);1H. The number of hydrogen-bond donors (Lipinski definition) is 2. The molecule has 2 rings (SSSR count). The number of amides is 1. The number of halogens is 1. The van der Waals surface area contributed by atoms with Crippen LogP contribution in [0.25, 0.3) is 0 Å². The third kappa shape index (κ3) is 3.82. The van der Waals surface area contributed by atoms with Gasteiger partial charge in [0.2, 0.25) is 5.76 Å². The van der Waals surface area contributed by atoms with E-state index < -0.39 is 0 Å². The minimum absolute atomic E-state index is 0. The zero-order valence-corrected chi connectivity index (χ0v) is 12.2. The van der Waals surface area contributed by atoms with Crippen LogP contribution in [-0.4, -0.2) is 17.4 Å². The molecule has 0 aliphatic heterocycles. The summed E-state index contributed by atoms with van der Waals surface area (Å²) < 4.78 is 5.25. The van der Waals surface area contributed by atoms with Crippen LogP contribution in [0.15, 0.2) is 34.7 Å². The molecule has 1 aromatic carbocycles. The first kappa shape index (κ1) is 16.2. The number of nitrogens with one attached hydrogen (secondary N) is 1. The van der Waals surface area contributed by atoms with E-state index in [9.17, 15) is 4.79 Å². The molecule has 0 aliphatic rings. The number of benzene rings is 1. The molecule has 20 heavy (non-hydrogen) atoms. The van der Waals surface area contributed by atoms with Gasteiger partial charge in [0, 0.05) is 19.5 Å². The van der Waals surface area contributed by atoms with Gasteiger partial charge < -0.3 is 15.5 Å². The minimum Gasteiger partial charge on any atom is -0.436 e. The van der Waals surface area contributed by atoms with Gasteiger partial charge in [-0.2, -0.15) is 0 Å². The van der Waals surface area contributed by atoms with Crippen molar-refractivity contribution in [2.24, 2.45) is 5.73 Å². The van der Waals surface area contributed by atoms with Crippen molar-refractivity contribution in [1.82, 2.24) is 10.3 Å². The number of aromatic nitrogens is 1. The first-order valence-corrected chi connectivity index (χ1v) is 6.10. The van der Waals surface area contributed by atoms with Crippen LogP contribution in [0.1, 0.15) is 33.7 Å². The molecule has 1 unspecified atom stereocenters. The fraction of sp³-hybridized carbons (Fsp3) is 0.286. The average molecular weight is 296 g/mol. The van der Waals surface area contributed by atoms with E-state index in [1.165, 1.54) is 0 Å². The van der Waals surface area contributed by atoms with Crippen molar-refractivity contribution >= 4 is 18.3 Å². The number of oxazole rings is 1. The highest BCUT2D eigenvalue weighted by molar-refractivity contribution is 5.92. The van der Waals surface area contributed by atoms with Crippen LogP contribution in [0.2, 0.25) is 0 Å². The number of aryl methyl sites for hydroxylation is 2. The van der Waals surface area contributed by atoms with Gasteiger partial charge in [-0.3, -0.25) is 4.79 Å². The van der Waals surface area contributed by atoms with E-state index in [0.717, 1.165) is 5.56 Å². The van der Waals surface area contributed by atoms with Crippen LogP contribution in [0, 0.1) is 13.8 Å². The Morgan fingerprint density at radius 1 is 1.35 bits per heavy atom. The van der Waals surface area contributed by atoms with Crippen LogP contribution in [0.3, 0.4) is 0 Å². The molecular weight excluding hydrogens is 278 g/mol. The van der Waals surface area contributed by atoms with Gasteiger partial charge in [-0.15, -0.1) is 12.4 Å². The lowest BCUT2D eigenvalue weighted by Gasteiger charge is -2.12. The summed E-state index contributed by atoms with van der Waals surface area (Å²) in [6.45, 7) is 3.80. The summed E-state index contributed by atoms with van der Waals surface area (Å²) in [6.07, 6.45) is 0. The molecule has 5 nitrogen and oxygen atoms in total. The molecule has 1 heterocycles. The lowest BCUT2D eigenvalue weighted by Crippen LogP contribution is -2.32. The summed E-state index contributed by atoms with van der Waals surface area (Å²) in [6, 6.07) is 9.38. The first-order chi connectivity index (χ1) is 9.08. The number of nitrogens with two attached hydrogens (primary N) is 1. The summed E-state index contributed by atoms with van der Waals surface area (Å²) in [5.74, 6) is 0.442. The Labute approximate surface area is 124 Å². The highest BCUT2D eigenvalue weighted by Gasteiger charge is 2.16. The van der Waals surface area contributed by atoms with Crippen LogP contribution < -0.4 is 11.1 Å².